The molecule has 0 aromatic heterocycles. The first-order chi connectivity index (χ1) is 20.6. The van der Waals surface area contributed by atoms with E-state index in [4.69, 9.17) is 0 Å². The number of carbonyl (C=O) groups is 2. The molecule has 0 saturated heterocycles. The van der Waals surface area contributed by atoms with Crippen molar-refractivity contribution in [3.05, 3.63) is 136 Å². The lowest BCUT2D eigenvalue weighted by molar-refractivity contribution is -0.384. The molecule has 0 aliphatic carbocycles. The van der Waals surface area contributed by atoms with Crippen molar-refractivity contribution in [1.29, 1.82) is 0 Å². The number of hydrogen-bond acceptors (Lipinski definition) is 6. The normalized spacial score (nSPS) is 11.8. The van der Waals surface area contributed by atoms with Crippen LogP contribution in [0.2, 0.25) is 0 Å². The van der Waals surface area contributed by atoms with Crippen LogP contribution >= 0.6 is 0 Å². The number of likely N-dealkylation sites (N-methyl/N-ethyl adjacent to an activating group) is 1. The molecule has 1 N–H and O–H groups in total. The second kappa shape index (κ2) is 13.7. The maximum atomic E-state index is 14.2. The van der Waals surface area contributed by atoms with Gasteiger partial charge in [0.1, 0.15) is 18.4 Å². The first-order valence-corrected chi connectivity index (χ1v) is 14.7. The zero-order valence-electron chi connectivity index (χ0n) is 23.2. The molecule has 222 valence electrons. The number of nitrogens with one attached hydrogen (secondary N) is 1. The second-order valence-corrected chi connectivity index (χ2v) is 11.4. The molecule has 0 fully saturated rings. The highest BCUT2D eigenvalue weighted by Gasteiger charge is 2.34. The largest absolute Gasteiger partial charge is 0.357 e. The molecule has 0 unspecified atom stereocenters. The Balaban J connectivity index is 1.80. The van der Waals surface area contributed by atoms with Crippen LogP contribution in [0.25, 0.3) is 0 Å². The van der Waals surface area contributed by atoms with Gasteiger partial charge in [-0.1, -0.05) is 66.7 Å². The summed E-state index contributed by atoms with van der Waals surface area (Å²) >= 11 is 0. The number of non-ortho nitro benzene ring substituents is 1. The summed E-state index contributed by atoms with van der Waals surface area (Å²) in [6.45, 7) is -0.917. The van der Waals surface area contributed by atoms with Crippen molar-refractivity contribution in [2.75, 3.05) is 17.9 Å². The van der Waals surface area contributed by atoms with E-state index in [9.17, 15) is 32.5 Å². The number of rotatable bonds is 12. The van der Waals surface area contributed by atoms with Crippen LogP contribution in [0.4, 0.5) is 15.8 Å². The molecule has 4 aromatic carbocycles. The quantitative estimate of drug-likeness (QED) is 0.189. The lowest BCUT2D eigenvalue weighted by Crippen LogP contribution is -2.53. The molecule has 4 aromatic rings. The van der Waals surface area contributed by atoms with Gasteiger partial charge in [0.25, 0.3) is 15.7 Å². The Bertz CT molecular complexity index is 1690. The van der Waals surface area contributed by atoms with Crippen molar-refractivity contribution in [3.63, 3.8) is 0 Å². The van der Waals surface area contributed by atoms with Crippen molar-refractivity contribution in [2.24, 2.45) is 0 Å². The molecule has 2 amide bonds. The van der Waals surface area contributed by atoms with Crippen molar-refractivity contribution in [1.82, 2.24) is 10.2 Å². The summed E-state index contributed by atoms with van der Waals surface area (Å²) in [4.78, 5) is 39.4. The van der Waals surface area contributed by atoms with E-state index in [-0.39, 0.29) is 29.2 Å². The molecular formula is C31H29FN4O6S. The summed E-state index contributed by atoms with van der Waals surface area (Å²) in [7, 11) is -2.97. The van der Waals surface area contributed by atoms with Crippen molar-refractivity contribution >= 4 is 33.2 Å². The van der Waals surface area contributed by atoms with Gasteiger partial charge in [0.05, 0.1) is 15.5 Å². The molecule has 1 atom stereocenters. The number of halogens is 1. The smallest absolute Gasteiger partial charge is 0.271 e. The van der Waals surface area contributed by atoms with E-state index in [1.807, 2.05) is 6.07 Å². The summed E-state index contributed by atoms with van der Waals surface area (Å²) in [6.07, 6.45) is 0.107. The minimum absolute atomic E-state index is 0.104. The van der Waals surface area contributed by atoms with Gasteiger partial charge >= 0.3 is 0 Å². The standard InChI is InChI=1S/C31H29FN4O6S/c1-33-31(38)29(19-23-9-4-2-5-10-23)34(21-24-15-17-25(32)18-16-24)30(37)22-35(26-11-8-12-27(20-26)36(39)40)43(41,42)28-13-6-3-7-14-28/h2-18,20,29H,19,21-22H2,1H3,(H,33,38)/t29-/m0/s1. The lowest BCUT2D eigenvalue weighted by Gasteiger charge is -2.33. The molecule has 0 bridgehead atoms. The topological polar surface area (TPSA) is 130 Å². The Kier molecular flexibility index (Phi) is 9.83. The Morgan fingerprint density at radius 1 is 0.884 bits per heavy atom. The number of nitrogens with zero attached hydrogens (tertiary/aromatic N) is 3. The average Bonchev–Trinajstić information content (AvgIpc) is 3.02. The Labute approximate surface area is 248 Å². The van der Waals surface area contributed by atoms with E-state index in [1.165, 1.54) is 78.7 Å². The van der Waals surface area contributed by atoms with Crippen molar-refractivity contribution < 1.29 is 27.3 Å². The average molecular weight is 605 g/mol. The van der Waals surface area contributed by atoms with Crippen LogP contribution in [0.5, 0.6) is 0 Å². The fourth-order valence-electron chi connectivity index (χ4n) is 4.52. The summed E-state index contributed by atoms with van der Waals surface area (Å²) in [5.41, 5.74) is 0.784. The third-order valence-electron chi connectivity index (χ3n) is 6.72. The number of amides is 2. The molecule has 10 nitrogen and oxygen atoms in total. The minimum atomic E-state index is -4.40. The fourth-order valence-corrected chi connectivity index (χ4v) is 5.94. The number of sulfonamides is 1. The SMILES string of the molecule is CNC(=O)[C@H](Cc1ccccc1)N(Cc1ccc(F)cc1)C(=O)CN(c1cccc([N+](=O)[O-])c1)S(=O)(=O)c1ccccc1. The van der Waals surface area contributed by atoms with Gasteiger partial charge in [0.15, 0.2) is 0 Å². The summed E-state index contributed by atoms with van der Waals surface area (Å²) in [5, 5.41) is 14.1. The predicted octanol–water partition coefficient (Wildman–Crippen LogP) is 4.32. The lowest BCUT2D eigenvalue weighted by atomic mass is 10.0. The number of anilines is 1. The van der Waals surface area contributed by atoms with Crippen LogP contribution in [-0.4, -0.2) is 49.7 Å². The summed E-state index contributed by atoms with van der Waals surface area (Å²) < 4.78 is 42.2. The Hall–Kier alpha value is -5.10. The third kappa shape index (κ3) is 7.60. The van der Waals surface area contributed by atoms with E-state index < -0.39 is 45.2 Å². The van der Waals surface area contributed by atoms with Crippen molar-refractivity contribution in [2.45, 2.75) is 23.9 Å². The van der Waals surface area contributed by atoms with E-state index in [0.29, 0.717) is 5.56 Å². The zero-order valence-corrected chi connectivity index (χ0v) is 24.0. The number of benzene rings is 4. The van der Waals surface area contributed by atoms with E-state index in [1.54, 1.807) is 30.3 Å². The first-order valence-electron chi connectivity index (χ1n) is 13.2. The van der Waals surface area contributed by atoms with Gasteiger partial charge < -0.3 is 10.2 Å². The summed E-state index contributed by atoms with van der Waals surface area (Å²) in [6, 6.07) is 25.6. The molecular weight excluding hydrogens is 575 g/mol. The van der Waals surface area contributed by atoms with Gasteiger partial charge in [-0.3, -0.25) is 24.0 Å². The number of hydrogen-bond donors (Lipinski definition) is 1. The van der Waals surface area contributed by atoms with Crippen LogP contribution < -0.4 is 9.62 Å². The van der Waals surface area contributed by atoms with E-state index in [2.05, 4.69) is 5.32 Å². The molecule has 0 saturated carbocycles. The van der Waals surface area contributed by atoms with Crippen LogP contribution in [0.1, 0.15) is 11.1 Å². The molecule has 43 heavy (non-hydrogen) atoms. The molecule has 0 aliphatic rings. The highest BCUT2D eigenvalue weighted by Crippen LogP contribution is 2.28. The molecule has 0 heterocycles. The van der Waals surface area contributed by atoms with E-state index in [0.717, 1.165) is 15.9 Å². The number of nitro groups is 1. The van der Waals surface area contributed by atoms with Gasteiger partial charge in [0.2, 0.25) is 11.8 Å². The van der Waals surface area contributed by atoms with Crippen LogP contribution in [0.15, 0.2) is 114 Å². The zero-order chi connectivity index (χ0) is 31.0. The number of nitro benzene ring substituents is 1. The maximum absolute atomic E-state index is 14.2. The van der Waals surface area contributed by atoms with E-state index >= 15 is 0 Å². The Morgan fingerprint density at radius 3 is 2.12 bits per heavy atom. The van der Waals surface area contributed by atoms with Gasteiger partial charge in [-0.25, -0.2) is 12.8 Å². The molecule has 12 heteroatoms. The minimum Gasteiger partial charge on any atom is -0.357 e. The van der Waals surface area contributed by atoms with Gasteiger partial charge in [-0.15, -0.1) is 0 Å². The molecule has 0 radical (unpaired) electrons. The van der Waals surface area contributed by atoms with Crippen LogP contribution in [0, 0.1) is 15.9 Å². The predicted molar refractivity (Wildman–Crippen MR) is 159 cm³/mol. The van der Waals surface area contributed by atoms with Crippen LogP contribution in [-0.2, 0) is 32.6 Å². The maximum Gasteiger partial charge on any atom is 0.271 e. The molecule has 0 spiro atoms. The van der Waals surface area contributed by atoms with Crippen molar-refractivity contribution in [3.8, 4) is 0 Å². The van der Waals surface area contributed by atoms with Gasteiger partial charge in [-0.05, 0) is 41.5 Å². The highest BCUT2D eigenvalue weighted by molar-refractivity contribution is 7.92. The monoisotopic (exact) mass is 604 g/mol. The third-order valence-corrected chi connectivity index (χ3v) is 8.51. The Morgan fingerprint density at radius 2 is 1.51 bits per heavy atom. The van der Waals surface area contributed by atoms with Gasteiger partial charge in [-0.2, -0.15) is 0 Å². The number of carbonyl (C=O) groups excluding carboxylic acids is 2. The van der Waals surface area contributed by atoms with Gasteiger partial charge in [0, 0.05) is 32.1 Å². The molecule has 0 aliphatic heterocycles. The first kappa shape index (κ1) is 30.8. The second-order valence-electron chi connectivity index (χ2n) is 9.57. The summed E-state index contributed by atoms with van der Waals surface area (Å²) in [5.74, 6) is -1.73. The molecule has 4 rings (SSSR count). The highest BCUT2D eigenvalue weighted by atomic mass is 32.2. The van der Waals surface area contributed by atoms with Crippen LogP contribution in [0.3, 0.4) is 0 Å². The fraction of sp³-hybridized carbons (Fsp3) is 0.161.